The van der Waals surface area contributed by atoms with Crippen LogP contribution in [0.25, 0.3) is 0 Å². The van der Waals surface area contributed by atoms with Crippen LogP contribution in [0.4, 0.5) is 0 Å². The van der Waals surface area contributed by atoms with E-state index in [0.717, 1.165) is 0 Å². The van der Waals surface area contributed by atoms with Crippen LogP contribution < -0.4 is 0 Å². The molecule has 0 radical (unpaired) electrons. The van der Waals surface area contributed by atoms with Gasteiger partial charge < -0.3 is 5.21 Å². The average molecular weight is 245 g/mol. The molecule has 0 aromatic carbocycles. The molecule has 98 valence electrons. The smallest absolute Gasteiger partial charge is 0.0718 e. The SMILES string of the molecule is C=CCC1(CC=C)C=CC(CC=C)(CC=C)N1O. The number of hydrogen-bond acceptors (Lipinski definition) is 2. The van der Waals surface area contributed by atoms with E-state index in [1.807, 2.05) is 24.3 Å². The van der Waals surface area contributed by atoms with Crippen molar-refractivity contribution in [3.05, 3.63) is 62.8 Å². The molecule has 18 heavy (non-hydrogen) atoms. The Labute approximate surface area is 110 Å². The molecule has 0 aromatic heterocycles. The lowest BCUT2D eigenvalue weighted by molar-refractivity contribution is -0.200. The molecule has 0 atom stereocenters. The number of hydrogen-bond donors (Lipinski definition) is 1. The Morgan fingerprint density at radius 1 is 0.778 bits per heavy atom. The predicted octanol–water partition coefficient (Wildman–Crippen LogP) is 4.03. The van der Waals surface area contributed by atoms with E-state index in [4.69, 9.17) is 0 Å². The Balaban J connectivity index is 3.11. The van der Waals surface area contributed by atoms with E-state index in [9.17, 15) is 5.21 Å². The highest BCUT2D eigenvalue weighted by Gasteiger charge is 2.48. The van der Waals surface area contributed by atoms with Crippen LogP contribution in [0.1, 0.15) is 25.7 Å². The Bertz CT molecular complexity index is 313. The van der Waals surface area contributed by atoms with Crippen molar-refractivity contribution in [1.29, 1.82) is 0 Å². The van der Waals surface area contributed by atoms with Gasteiger partial charge in [-0.3, -0.25) is 0 Å². The van der Waals surface area contributed by atoms with Gasteiger partial charge in [0.25, 0.3) is 0 Å². The summed E-state index contributed by atoms with van der Waals surface area (Å²) in [4.78, 5) is 0. The van der Waals surface area contributed by atoms with Gasteiger partial charge in [-0.25, -0.2) is 0 Å². The lowest BCUT2D eigenvalue weighted by Crippen LogP contribution is -2.52. The highest BCUT2D eigenvalue weighted by molar-refractivity contribution is 5.28. The molecule has 1 N–H and O–H groups in total. The lowest BCUT2D eigenvalue weighted by Gasteiger charge is -2.42. The molecule has 0 amide bonds. The van der Waals surface area contributed by atoms with Gasteiger partial charge in [-0.05, 0) is 25.7 Å². The third-order valence-corrected chi connectivity index (χ3v) is 3.54. The molecule has 0 bridgehead atoms. The van der Waals surface area contributed by atoms with Crippen LogP contribution in [-0.2, 0) is 0 Å². The molecular formula is C16H23NO. The Morgan fingerprint density at radius 3 is 1.28 bits per heavy atom. The first kappa shape index (κ1) is 14.7. The van der Waals surface area contributed by atoms with Gasteiger partial charge in [0.2, 0.25) is 0 Å². The normalized spacial score (nSPS) is 20.5. The second kappa shape index (κ2) is 5.98. The van der Waals surface area contributed by atoms with Crippen molar-refractivity contribution < 1.29 is 5.21 Å². The molecular weight excluding hydrogens is 222 g/mol. The minimum atomic E-state index is -0.435. The molecule has 0 unspecified atom stereocenters. The van der Waals surface area contributed by atoms with Crippen molar-refractivity contribution in [2.24, 2.45) is 0 Å². The first-order valence-corrected chi connectivity index (χ1v) is 6.24. The minimum Gasteiger partial charge on any atom is -0.312 e. The quantitative estimate of drug-likeness (QED) is 0.653. The summed E-state index contributed by atoms with van der Waals surface area (Å²) in [6.45, 7) is 15.1. The van der Waals surface area contributed by atoms with Crippen LogP contribution in [0.3, 0.4) is 0 Å². The van der Waals surface area contributed by atoms with Crippen LogP contribution in [0.2, 0.25) is 0 Å². The van der Waals surface area contributed by atoms with Gasteiger partial charge in [0, 0.05) is 0 Å². The molecule has 0 fully saturated rings. The molecule has 0 saturated heterocycles. The van der Waals surface area contributed by atoms with E-state index in [1.165, 1.54) is 5.06 Å². The maximum Gasteiger partial charge on any atom is 0.0718 e. The van der Waals surface area contributed by atoms with E-state index < -0.39 is 11.1 Å². The van der Waals surface area contributed by atoms with E-state index in [1.54, 1.807) is 0 Å². The van der Waals surface area contributed by atoms with Gasteiger partial charge >= 0.3 is 0 Å². The molecule has 2 heteroatoms. The fraction of sp³-hybridized carbons (Fsp3) is 0.375. The van der Waals surface area contributed by atoms with Crippen LogP contribution in [0, 0.1) is 0 Å². The van der Waals surface area contributed by atoms with Gasteiger partial charge in [0.1, 0.15) is 0 Å². The number of rotatable bonds is 8. The van der Waals surface area contributed by atoms with E-state index in [-0.39, 0.29) is 0 Å². The molecule has 0 saturated carbocycles. The standard InChI is InChI=1S/C16H23NO/c1-5-9-15(10-6-2)13-14-16(11-7-3,12-8-4)17(15)18/h5-8,13-14,18H,1-4,9-12H2. The van der Waals surface area contributed by atoms with E-state index in [0.29, 0.717) is 25.7 Å². The van der Waals surface area contributed by atoms with Gasteiger partial charge in [-0.1, -0.05) is 36.5 Å². The highest BCUT2D eigenvalue weighted by Crippen LogP contribution is 2.42. The molecule has 2 nitrogen and oxygen atoms in total. The van der Waals surface area contributed by atoms with Crippen molar-refractivity contribution in [2.75, 3.05) is 0 Å². The molecule has 1 heterocycles. The first-order chi connectivity index (χ1) is 8.60. The highest BCUT2D eigenvalue weighted by atomic mass is 16.5. The molecule has 1 aliphatic heterocycles. The average Bonchev–Trinajstić information content (AvgIpc) is 2.58. The zero-order chi connectivity index (χ0) is 13.6. The third kappa shape index (κ3) is 2.40. The summed E-state index contributed by atoms with van der Waals surface area (Å²) < 4.78 is 0. The van der Waals surface area contributed by atoms with Crippen LogP contribution in [-0.4, -0.2) is 21.3 Å². The summed E-state index contributed by atoms with van der Waals surface area (Å²) >= 11 is 0. The van der Waals surface area contributed by atoms with Crippen molar-refractivity contribution in [2.45, 2.75) is 36.8 Å². The summed E-state index contributed by atoms with van der Waals surface area (Å²) in [6, 6.07) is 0. The lowest BCUT2D eigenvalue weighted by atomic mass is 9.89. The molecule has 1 aliphatic rings. The molecule has 1 rings (SSSR count). The summed E-state index contributed by atoms with van der Waals surface area (Å²) in [5.74, 6) is 0. The van der Waals surface area contributed by atoms with Crippen molar-refractivity contribution in [3.8, 4) is 0 Å². The summed E-state index contributed by atoms with van der Waals surface area (Å²) in [6.07, 6.45) is 14.2. The molecule has 0 aromatic rings. The maximum atomic E-state index is 10.7. The second-order valence-electron chi connectivity index (χ2n) is 4.82. The van der Waals surface area contributed by atoms with Gasteiger partial charge in [0.15, 0.2) is 0 Å². The van der Waals surface area contributed by atoms with Gasteiger partial charge in [0.05, 0.1) is 11.1 Å². The number of hydroxylamine groups is 2. The second-order valence-corrected chi connectivity index (χ2v) is 4.82. The Kier molecular flexibility index (Phi) is 4.88. The first-order valence-electron chi connectivity index (χ1n) is 6.24. The van der Waals surface area contributed by atoms with Crippen molar-refractivity contribution in [3.63, 3.8) is 0 Å². The third-order valence-electron chi connectivity index (χ3n) is 3.54. The largest absolute Gasteiger partial charge is 0.312 e. The van der Waals surface area contributed by atoms with Crippen molar-refractivity contribution in [1.82, 2.24) is 5.06 Å². The maximum absolute atomic E-state index is 10.7. The Hall–Kier alpha value is -1.38. The topological polar surface area (TPSA) is 23.5 Å². The zero-order valence-electron chi connectivity index (χ0n) is 11.0. The minimum absolute atomic E-state index is 0.435. The van der Waals surface area contributed by atoms with Crippen LogP contribution in [0.5, 0.6) is 0 Å². The van der Waals surface area contributed by atoms with E-state index >= 15 is 0 Å². The van der Waals surface area contributed by atoms with Crippen LogP contribution >= 0.6 is 0 Å². The monoisotopic (exact) mass is 245 g/mol. The summed E-state index contributed by atoms with van der Waals surface area (Å²) in [5, 5.41) is 12.1. The number of nitrogens with zero attached hydrogens (tertiary/aromatic N) is 1. The van der Waals surface area contributed by atoms with Crippen molar-refractivity contribution >= 4 is 0 Å². The Morgan fingerprint density at radius 2 is 1.06 bits per heavy atom. The van der Waals surface area contributed by atoms with Crippen LogP contribution in [0.15, 0.2) is 62.8 Å². The fourth-order valence-corrected chi connectivity index (χ4v) is 2.68. The fourth-order valence-electron chi connectivity index (χ4n) is 2.68. The predicted molar refractivity (Wildman–Crippen MR) is 77.5 cm³/mol. The molecule has 0 aliphatic carbocycles. The zero-order valence-corrected chi connectivity index (χ0v) is 11.0. The van der Waals surface area contributed by atoms with E-state index in [2.05, 4.69) is 38.5 Å². The summed E-state index contributed by atoms with van der Waals surface area (Å²) in [5.41, 5.74) is -0.870. The van der Waals surface area contributed by atoms with Gasteiger partial charge in [-0.15, -0.1) is 26.3 Å². The molecule has 0 spiro atoms. The summed E-state index contributed by atoms with van der Waals surface area (Å²) in [7, 11) is 0. The van der Waals surface area contributed by atoms with Gasteiger partial charge in [-0.2, -0.15) is 5.06 Å².